The maximum absolute atomic E-state index is 13.5. The number of anilines is 3. The van der Waals surface area contributed by atoms with Gasteiger partial charge in [0, 0.05) is 45.0 Å². The molecule has 0 unspecified atom stereocenters. The van der Waals surface area contributed by atoms with Crippen LogP contribution in [0.15, 0.2) is 42.9 Å². The first kappa shape index (κ1) is 29.4. The Bertz CT molecular complexity index is 1700. The molecule has 2 aliphatic heterocycles. The van der Waals surface area contributed by atoms with Gasteiger partial charge in [-0.1, -0.05) is 17.7 Å². The minimum absolute atomic E-state index is 0.214. The van der Waals surface area contributed by atoms with Crippen LogP contribution in [0.2, 0.25) is 5.02 Å². The van der Waals surface area contributed by atoms with Crippen LogP contribution >= 0.6 is 11.6 Å². The summed E-state index contributed by atoms with van der Waals surface area (Å²) in [6, 6.07) is 6.50. The molecule has 1 fully saturated rings. The molecule has 44 heavy (non-hydrogen) atoms. The molecule has 2 amide bonds. The van der Waals surface area contributed by atoms with E-state index in [-0.39, 0.29) is 30.3 Å². The second kappa shape index (κ2) is 12.1. The third-order valence-corrected chi connectivity index (χ3v) is 8.15. The van der Waals surface area contributed by atoms with Gasteiger partial charge in [0.1, 0.15) is 11.9 Å². The van der Waals surface area contributed by atoms with Crippen molar-refractivity contribution in [2.24, 2.45) is 7.05 Å². The topological polar surface area (TPSA) is 150 Å². The monoisotopic (exact) mass is 616 g/mol. The van der Waals surface area contributed by atoms with E-state index in [1.54, 1.807) is 32.4 Å². The quantitative estimate of drug-likeness (QED) is 0.300. The van der Waals surface area contributed by atoms with Gasteiger partial charge in [0.25, 0.3) is 5.91 Å². The molecule has 6 rings (SSSR count). The lowest BCUT2D eigenvalue weighted by atomic mass is 10.1. The Morgan fingerprint density at radius 1 is 1.02 bits per heavy atom. The number of hydrogen-bond acceptors (Lipinski definition) is 11. The van der Waals surface area contributed by atoms with Gasteiger partial charge in [-0.15, -0.1) is 5.10 Å². The molecule has 2 N–H and O–H groups in total. The first-order valence-electron chi connectivity index (χ1n) is 14.3. The highest BCUT2D eigenvalue weighted by molar-refractivity contribution is 6.33. The van der Waals surface area contributed by atoms with Gasteiger partial charge >= 0.3 is 0 Å². The number of fused-ring (bicyclic) bond motifs is 1. The molecular formula is C29H33ClN12O2. The number of hydrogen-bond donors (Lipinski definition) is 2. The van der Waals surface area contributed by atoms with Crippen molar-refractivity contribution in [1.29, 1.82) is 0 Å². The highest BCUT2D eigenvalue weighted by Gasteiger charge is 2.36. The number of likely N-dealkylation sites (N-methyl/N-ethyl adjacent to an activating group) is 1. The van der Waals surface area contributed by atoms with Crippen molar-refractivity contribution in [3.8, 4) is 11.3 Å². The van der Waals surface area contributed by atoms with E-state index in [1.807, 2.05) is 25.1 Å². The molecule has 228 valence electrons. The molecule has 0 bridgehead atoms. The van der Waals surface area contributed by atoms with Gasteiger partial charge in [-0.3, -0.25) is 14.6 Å². The second-order valence-corrected chi connectivity index (χ2v) is 11.4. The van der Waals surface area contributed by atoms with Gasteiger partial charge in [0.05, 0.1) is 52.6 Å². The third-order valence-electron chi connectivity index (χ3n) is 7.87. The summed E-state index contributed by atoms with van der Waals surface area (Å²) in [5.41, 5.74) is 2.69. The van der Waals surface area contributed by atoms with Gasteiger partial charge in [-0.25, -0.2) is 15.0 Å². The van der Waals surface area contributed by atoms with Crippen LogP contribution in [-0.4, -0.2) is 95.8 Å². The maximum Gasteiger partial charge on any atom is 0.256 e. The van der Waals surface area contributed by atoms with Crippen LogP contribution < -0.4 is 15.5 Å². The lowest BCUT2D eigenvalue weighted by Crippen LogP contribution is -2.46. The average Bonchev–Trinajstić information content (AvgIpc) is 3.59. The Morgan fingerprint density at radius 3 is 2.57 bits per heavy atom. The van der Waals surface area contributed by atoms with Crippen LogP contribution in [0.3, 0.4) is 0 Å². The fourth-order valence-corrected chi connectivity index (χ4v) is 5.42. The number of halogens is 1. The molecule has 0 aromatic carbocycles. The summed E-state index contributed by atoms with van der Waals surface area (Å²) in [6.45, 7) is 7.59. The predicted octanol–water partition coefficient (Wildman–Crippen LogP) is 2.43. The van der Waals surface area contributed by atoms with Gasteiger partial charge in [-0.05, 0) is 39.1 Å². The van der Waals surface area contributed by atoms with Crippen LogP contribution in [0, 0.1) is 0 Å². The standard InChI is InChI=1S/C29H33ClN12O2/c1-17(22-6-5-7-25(35-22)41-10-8-39(3)9-11-41)34-27(43)18(2)42-16-23-20(28(42)44)12-19(13-31-23)26-21(30)14-32-29(37-26)36-24-15-33-40(4)38-24/h5-7,12-15,17-18H,8-11,16H2,1-4H3,(H,34,43)(H,32,36,37,38)/t17-,18-/m1/s1. The number of aromatic nitrogens is 7. The molecule has 2 atom stereocenters. The van der Waals surface area contributed by atoms with E-state index in [0.717, 1.165) is 37.7 Å². The summed E-state index contributed by atoms with van der Waals surface area (Å²) in [6.07, 6.45) is 4.62. The largest absolute Gasteiger partial charge is 0.354 e. The molecule has 0 aliphatic carbocycles. The lowest BCUT2D eigenvalue weighted by Gasteiger charge is -2.33. The molecule has 14 nitrogen and oxygen atoms in total. The summed E-state index contributed by atoms with van der Waals surface area (Å²) < 4.78 is 0. The average molecular weight is 617 g/mol. The highest BCUT2D eigenvalue weighted by atomic mass is 35.5. The number of piperazine rings is 1. The molecule has 1 saturated heterocycles. The summed E-state index contributed by atoms with van der Waals surface area (Å²) in [4.78, 5) is 52.4. The van der Waals surface area contributed by atoms with E-state index in [4.69, 9.17) is 16.6 Å². The lowest BCUT2D eigenvalue weighted by molar-refractivity contribution is -0.125. The van der Waals surface area contributed by atoms with Crippen LogP contribution in [0.25, 0.3) is 11.3 Å². The molecule has 4 aromatic rings. The van der Waals surface area contributed by atoms with Crippen LogP contribution in [0.4, 0.5) is 17.6 Å². The van der Waals surface area contributed by atoms with E-state index in [0.29, 0.717) is 33.4 Å². The Balaban J connectivity index is 1.13. The van der Waals surface area contributed by atoms with E-state index >= 15 is 0 Å². The molecule has 15 heteroatoms. The summed E-state index contributed by atoms with van der Waals surface area (Å²) in [5, 5.41) is 14.5. The van der Waals surface area contributed by atoms with Gasteiger partial charge < -0.3 is 25.3 Å². The number of carbonyl (C=O) groups is 2. The number of aryl methyl sites for hydroxylation is 1. The van der Waals surface area contributed by atoms with Crippen molar-refractivity contribution in [2.45, 2.75) is 32.5 Å². The van der Waals surface area contributed by atoms with Gasteiger partial charge in [0.15, 0.2) is 5.82 Å². The predicted molar refractivity (Wildman–Crippen MR) is 164 cm³/mol. The van der Waals surface area contributed by atoms with E-state index in [9.17, 15) is 9.59 Å². The van der Waals surface area contributed by atoms with Crippen molar-refractivity contribution in [3.05, 3.63) is 64.8 Å². The first-order valence-corrected chi connectivity index (χ1v) is 14.7. The number of nitrogens with one attached hydrogen (secondary N) is 2. The Labute approximate surface area is 259 Å². The number of amides is 2. The van der Waals surface area contributed by atoms with Crippen molar-refractivity contribution >= 4 is 41.0 Å². The molecule has 6 heterocycles. The Hall–Kier alpha value is -4.69. The molecule has 2 aliphatic rings. The molecule has 4 aromatic heterocycles. The highest BCUT2D eigenvalue weighted by Crippen LogP contribution is 2.31. The smallest absolute Gasteiger partial charge is 0.256 e. The minimum atomic E-state index is -0.728. The third kappa shape index (κ3) is 6.03. The van der Waals surface area contributed by atoms with Crippen molar-refractivity contribution in [3.63, 3.8) is 0 Å². The van der Waals surface area contributed by atoms with Crippen molar-refractivity contribution in [2.75, 3.05) is 43.4 Å². The Morgan fingerprint density at radius 2 is 1.82 bits per heavy atom. The first-order chi connectivity index (χ1) is 21.2. The maximum atomic E-state index is 13.5. The number of rotatable bonds is 8. The van der Waals surface area contributed by atoms with E-state index in [1.165, 1.54) is 15.9 Å². The molecular weight excluding hydrogens is 584 g/mol. The summed E-state index contributed by atoms with van der Waals surface area (Å²) in [5.74, 6) is 1.07. The summed E-state index contributed by atoms with van der Waals surface area (Å²) in [7, 11) is 3.81. The normalized spacial score (nSPS) is 16.5. The molecule has 0 saturated carbocycles. The zero-order valence-corrected chi connectivity index (χ0v) is 25.7. The minimum Gasteiger partial charge on any atom is -0.354 e. The van der Waals surface area contributed by atoms with Gasteiger partial charge in [0.2, 0.25) is 11.9 Å². The number of nitrogens with zero attached hydrogens (tertiary/aromatic N) is 10. The Kier molecular flexibility index (Phi) is 8.10. The van der Waals surface area contributed by atoms with Gasteiger partial charge in [-0.2, -0.15) is 9.90 Å². The van der Waals surface area contributed by atoms with Crippen LogP contribution in [0.5, 0.6) is 0 Å². The fourth-order valence-electron chi connectivity index (χ4n) is 5.22. The number of pyridine rings is 2. The van der Waals surface area contributed by atoms with E-state index < -0.39 is 6.04 Å². The second-order valence-electron chi connectivity index (χ2n) is 11.0. The van der Waals surface area contributed by atoms with Crippen LogP contribution in [-0.2, 0) is 18.4 Å². The van der Waals surface area contributed by atoms with Crippen molar-refractivity contribution in [1.82, 2.24) is 50.0 Å². The number of carbonyl (C=O) groups excluding carboxylic acids is 2. The summed E-state index contributed by atoms with van der Waals surface area (Å²) >= 11 is 6.43. The van der Waals surface area contributed by atoms with Crippen LogP contribution in [0.1, 0.15) is 41.6 Å². The van der Waals surface area contributed by atoms with Crippen molar-refractivity contribution < 1.29 is 9.59 Å². The van der Waals surface area contributed by atoms with E-state index in [2.05, 4.69) is 52.6 Å². The SMILES string of the molecule is C[C@H](C(=O)N[C@H](C)c1cccc(N2CCN(C)CC2)n1)N1Cc2ncc(-c3nc(Nc4cnn(C)n4)ncc3Cl)cc2C1=O. The zero-order chi connectivity index (χ0) is 31.0. The molecule has 0 spiro atoms. The fraction of sp³-hybridized carbons (Fsp3) is 0.379. The molecule has 0 radical (unpaired) electrons. The zero-order valence-electron chi connectivity index (χ0n) is 24.9.